The van der Waals surface area contributed by atoms with Gasteiger partial charge in [0.15, 0.2) is 5.82 Å². The maximum atomic E-state index is 8.94. The van der Waals surface area contributed by atoms with Crippen LogP contribution in [0.2, 0.25) is 0 Å². The first-order valence-electron chi connectivity index (χ1n) is 12.1. The molecule has 1 fully saturated rings. The summed E-state index contributed by atoms with van der Waals surface area (Å²) in [5.74, 6) is 0.438. The van der Waals surface area contributed by atoms with Gasteiger partial charge in [0.05, 0.1) is 11.7 Å². The number of benzene rings is 1. The Hall–Kier alpha value is -4.43. The van der Waals surface area contributed by atoms with Crippen molar-refractivity contribution in [2.75, 3.05) is 18.8 Å². The van der Waals surface area contributed by atoms with Crippen LogP contribution in [0.4, 0.5) is 5.69 Å². The Kier molecular flexibility index (Phi) is 5.71. The van der Waals surface area contributed by atoms with Crippen LogP contribution in [0.25, 0.3) is 33.3 Å². The van der Waals surface area contributed by atoms with E-state index in [2.05, 4.69) is 30.9 Å². The molecule has 5 aromatic rings. The second-order valence-corrected chi connectivity index (χ2v) is 9.15. The molecule has 8 nitrogen and oxygen atoms in total. The molecule has 0 saturated carbocycles. The number of aromatic amines is 1. The summed E-state index contributed by atoms with van der Waals surface area (Å²) < 4.78 is 0. The molecular formula is C28H26N8. The molecule has 0 aliphatic carbocycles. The number of imidazole rings is 1. The van der Waals surface area contributed by atoms with Crippen LogP contribution in [0.3, 0.4) is 0 Å². The number of hydrogen-bond acceptors (Lipinski definition) is 7. The lowest BCUT2D eigenvalue weighted by Crippen LogP contribution is -2.18. The van der Waals surface area contributed by atoms with Crippen LogP contribution >= 0.6 is 0 Å². The molecule has 6 rings (SSSR count). The number of likely N-dealkylation sites (tertiary alicyclic amines) is 1. The molecule has 0 unspecified atom stereocenters. The molecule has 0 amide bonds. The first-order chi connectivity index (χ1) is 17.7. The Morgan fingerprint density at radius 3 is 2.58 bits per heavy atom. The van der Waals surface area contributed by atoms with Gasteiger partial charge in [-0.3, -0.25) is 25.3 Å². The molecule has 0 bridgehead atoms. The highest BCUT2D eigenvalue weighted by atomic mass is 15.1. The summed E-state index contributed by atoms with van der Waals surface area (Å²) in [4.78, 5) is 23.5. The Morgan fingerprint density at radius 2 is 1.75 bits per heavy atom. The van der Waals surface area contributed by atoms with Gasteiger partial charge in [0, 0.05) is 65.5 Å². The number of nitrogen functional groups attached to an aromatic ring is 1. The fourth-order valence-electron chi connectivity index (χ4n) is 4.80. The third-order valence-corrected chi connectivity index (χ3v) is 6.66. The summed E-state index contributed by atoms with van der Waals surface area (Å²) >= 11 is 0. The van der Waals surface area contributed by atoms with Crippen molar-refractivity contribution in [2.45, 2.75) is 19.4 Å². The van der Waals surface area contributed by atoms with Crippen LogP contribution in [0.5, 0.6) is 0 Å². The van der Waals surface area contributed by atoms with Gasteiger partial charge < -0.3 is 10.7 Å². The number of hydrogen-bond donors (Lipinski definition) is 3. The molecule has 0 radical (unpaired) electrons. The highest BCUT2D eigenvalue weighted by Crippen LogP contribution is 2.29. The van der Waals surface area contributed by atoms with Crippen molar-refractivity contribution in [1.82, 2.24) is 29.8 Å². The van der Waals surface area contributed by atoms with E-state index in [1.807, 2.05) is 42.7 Å². The van der Waals surface area contributed by atoms with Gasteiger partial charge >= 0.3 is 0 Å². The molecule has 1 aliphatic heterocycles. The van der Waals surface area contributed by atoms with E-state index in [9.17, 15) is 0 Å². The van der Waals surface area contributed by atoms with Crippen LogP contribution in [-0.2, 0) is 6.54 Å². The number of nitrogens with zero attached hydrogens (tertiary/aromatic N) is 5. The minimum atomic E-state index is 0.226. The highest BCUT2D eigenvalue weighted by Gasteiger charge is 2.17. The molecule has 178 valence electrons. The molecule has 4 aromatic heterocycles. The number of fused-ring (bicyclic) bond motifs is 1. The van der Waals surface area contributed by atoms with E-state index in [1.54, 1.807) is 24.8 Å². The Morgan fingerprint density at radius 1 is 0.917 bits per heavy atom. The van der Waals surface area contributed by atoms with Crippen molar-refractivity contribution in [3.8, 4) is 22.3 Å². The third-order valence-electron chi connectivity index (χ3n) is 6.66. The third kappa shape index (κ3) is 4.23. The molecule has 4 N–H and O–H groups in total. The normalized spacial score (nSPS) is 13.9. The lowest BCUT2D eigenvalue weighted by atomic mass is 9.99. The van der Waals surface area contributed by atoms with Crippen LogP contribution in [0, 0.1) is 5.41 Å². The van der Waals surface area contributed by atoms with Gasteiger partial charge in [-0.2, -0.15) is 0 Å². The smallest absolute Gasteiger partial charge is 0.157 e. The number of anilines is 1. The first kappa shape index (κ1) is 22.1. The Balaban J connectivity index is 1.34. The van der Waals surface area contributed by atoms with Gasteiger partial charge in [-0.15, -0.1) is 0 Å². The largest absolute Gasteiger partial charge is 0.398 e. The molecule has 5 heterocycles. The fraction of sp³-hybridized carbons (Fsp3) is 0.179. The SMILES string of the molecule is N=C(c1nc2c(-c3cccnc3)cncc2[nH]1)c1cc(-c2cncc(CN3CCCC3)c2)ccc1N. The van der Waals surface area contributed by atoms with E-state index < -0.39 is 0 Å². The number of nitrogens with one attached hydrogen (secondary N) is 2. The average molecular weight is 475 g/mol. The summed E-state index contributed by atoms with van der Waals surface area (Å²) in [7, 11) is 0. The van der Waals surface area contributed by atoms with E-state index in [1.165, 1.54) is 18.4 Å². The predicted molar refractivity (Wildman–Crippen MR) is 142 cm³/mol. The number of pyridine rings is 3. The molecule has 0 spiro atoms. The van der Waals surface area contributed by atoms with E-state index >= 15 is 0 Å². The Labute approximate surface area is 208 Å². The summed E-state index contributed by atoms with van der Waals surface area (Å²) in [5.41, 5.74) is 14.1. The summed E-state index contributed by atoms with van der Waals surface area (Å²) in [6.45, 7) is 3.19. The predicted octanol–water partition coefficient (Wildman–Crippen LogP) is 4.68. The summed E-state index contributed by atoms with van der Waals surface area (Å²) in [6, 6.07) is 11.8. The van der Waals surface area contributed by atoms with Crippen molar-refractivity contribution in [3.05, 3.63) is 90.5 Å². The molecule has 1 aliphatic rings. The Bertz CT molecular complexity index is 1550. The number of aromatic nitrogens is 5. The quantitative estimate of drug-likeness (QED) is 0.243. The minimum absolute atomic E-state index is 0.226. The molecule has 0 atom stereocenters. The zero-order chi connectivity index (χ0) is 24.5. The van der Waals surface area contributed by atoms with Crippen molar-refractivity contribution in [1.29, 1.82) is 5.41 Å². The number of rotatable bonds is 6. The first-order valence-corrected chi connectivity index (χ1v) is 12.1. The van der Waals surface area contributed by atoms with Gasteiger partial charge in [0.25, 0.3) is 0 Å². The van der Waals surface area contributed by atoms with Crippen molar-refractivity contribution >= 4 is 22.4 Å². The van der Waals surface area contributed by atoms with E-state index in [-0.39, 0.29) is 5.71 Å². The summed E-state index contributed by atoms with van der Waals surface area (Å²) in [5, 5.41) is 8.94. The van der Waals surface area contributed by atoms with Crippen LogP contribution in [0.1, 0.15) is 29.8 Å². The topological polar surface area (TPSA) is 120 Å². The standard InChI is InChI=1S/C28H26N8/c29-24-6-5-19(21-10-18(12-32-14-21)17-36-8-1-2-9-36)11-22(24)26(30)28-34-25-16-33-15-23(27(25)35-28)20-4-3-7-31-13-20/h3-7,10-16,30H,1-2,8-9,17,29H2,(H,34,35). The zero-order valence-electron chi connectivity index (χ0n) is 19.8. The van der Waals surface area contributed by atoms with Gasteiger partial charge in [-0.1, -0.05) is 12.1 Å². The molecular weight excluding hydrogens is 448 g/mol. The second kappa shape index (κ2) is 9.31. The maximum absolute atomic E-state index is 8.94. The molecule has 1 saturated heterocycles. The molecule has 36 heavy (non-hydrogen) atoms. The van der Waals surface area contributed by atoms with Crippen LogP contribution in [0.15, 0.2) is 73.6 Å². The lowest BCUT2D eigenvalue weighted by molar-refractivity contribution is 0.331. The monoisotopic (exact) mass is 474 g/mol. The second-order valence-electron chi connectivity index (χ2n) is 9.15. The van der Waals surface area contributed by atoms with Crippen LogP contribution < -0.4 is 5.73 Å². The minimum Gasteiger partial charge on any atom is -0.398 e. The number of H-pyrrole nitrogens is 1. The molecule has 1 aromatic carbocycles. The zero-order valence-corrected chi connectivity index (χ0v) is 19.8. The van der Waals surface area contributed by atoms with E-state index in [0.29, 0.717) is 17.1 Å². The van der Waals surface area contributed by atoms with Crippen LogP contribution in [-0.4, -0.2) is 48.6 Å². The summed E-state index contributed by atoms with van der Waals surface area (Å²) in [6.07, 6.45) is 13.3. The fourth-order valence-corrected chi connectivity index (χ4v) is 4.80. The van der Waals surface area contributed by atoms with Gasteiger partial charge in [-0.25, -0.2) is 4.98 Å². The van der Waals surface area contributed by atoms with Crippen molar-refractivity contribution in [2.24, 2.45) is 0 Å². The van der Waals surface area contributed by atoms with Gasteiger partial charge in [0.2, 0.25) is 0 Å². The van der Waals surface area contributed by atoms with E-state index in [0.717, 1.165) is 52.9 Å². The van der Waals surface area contributed by atoms with Gasteiger partial charge in [0.1, 0.15) is 11.2 Å². The number of nitrogens with two attached hydrogens (primary N) is 1. The molecule has 8 heteroatoms. The average Bonchev–Trinajstić information content (AvgIpc) is 3.59. The van der Waals surface area contributed by atoms with E-state index in [4.69, 9.17) is 16.1 Å². The highest BCUT2D eigenvalue weighted by molar-refractivity contribution is 6.13. The van der Waals surface area contributed by atoms with Crippen molar-refractivity contribution < 1.29 is 0 Å². The van der Waals surface area contributed by atoms with Crippen molar-refractivity contribution in [3.63, 3.8) is 0 Å². The van der Waals surface area contributed by atoms with Gasteiger partial charge in [-0.05, 0) is 61.3 Å². The lowest BCUT2D eigenvalue weighted by Gasteiger charge is -2.15. The maximum Gasteiger partial charge on any atom is 0.157 e.